The largest absolute Gasteiger partial charge is 0.356 e. The third-order valence-electron chi connectivity index (χ3n) is 4.37. The lowest BCUT2D eigenvalue weighted by atomic mass is 9.38. The topological polar surface area (TPSA) is 29.1 Å². The van der Waals surface area contributed by atoms with Crippen molar-refractivity contribution in [1.82, 2.24) is 5.32 Å². The highest BCUT2D eigenvalue weighted by Gasteiger charge is 2.70. The van der Waals surface area contributed by atoms with Crippen molar-refractivity contribution in [3.05, 3.63) is 0 Å². The maximum absolute atomic E-state index is 11.9. The van der Waals surface area contributed by atoms with Crippen LogP contribution < -0.4 is 5.32 Å². The predicted octanol–water partition coefficient (Wildman–Crippen LogP) is 1.95. The molecule has 2 rings (SSSR count). The first kappa shape index (κ1) is 9.04. The predicted molar refractivity (Wildman–Crippen MR) is 52.2 cm³/mol. The van der Waals surface area contributed by atoms with Crippen LogP contribution in [0.15, 0.2) is 0 Å². The van der Waals surface area contributed by atoms with E-state index in [9.17, 15) is 4.79 Å². The molecule has 2 heteroatoms. The van der Waals surface area contributed by atoms with Crippen molar-refractivity contribution in [1.29, 1.82) is 0 Å². The Morgan fingerprint density at radius 3 is 1.92 bits per heavy atom. The molecule has 1 spiro atoms. The lowest BCUT2D eigenvalue weighted by Crippen LogP contribution is -2.64. The van der Waals surface area contributed by atoms with Gasteiger partial charge in [0, 0.05) is 6.54 Å². The third kappa shape index (κ3) is 0.773. The summed E-state index contributed by atoms with van der Waals surface area (Å²) >= 11 is 0. The molecule has 1 amide bonds. The maximum Gasteiger partial charge on any atom is 0.227 e. The van der Waals surface area contributed by atoms with E-state index in [-0.39, 0.29) is 22.2 Å². The number of carbonyl (C=O) groups is 1. The first-order chi connectivity index (χ1) is 5.83. The van der Waals surface area contributed by atoms with Gasteiger partial charge in [0.15, 0.2) is 0 Å². The van der Waals surface area contributed by atoms with Crippen molar-refractivity contribution >= 4 is 5.91 Å². The molecule has 1 saturated carbocycles. The van der Waals surface area contributed by atoms with Gasteiger partial charge in [0.1, 0.15) is 0 Å². The monoisotopic (exact) mass is 181 g/mol. The molecule has 1 saturated heterocycles. The second-order valence-corrected chi connectivity index (χ2v) is 5.86. The van der Waals surface area contributed by atoms with E-state index in [1.54, 1.807) is 0 Å². The maximum atomic E-state index is 11.9. The minimum absolute atomic E-state index is 0.0833. The molecule has 2 aliphatic rings. The first-order valence-electron chi connectivity index (χ1n) is 5.12. The molecular weight excluding hydrogens is 162 g/mol. The summed E-state index contributed by atoms with van der Waals surface area (Å²) in [7, 11) is 0. The molecule has 13 heavy (non-hydrogen) atoms. The summed E-state index contributed by atoms with van der Waals surface area (Å²) in [5.41, 5.74) is 0.300. The van der Waals surface area contributed by atoms with Gasteiger partial charge >= 0.3 is 0 Å². The van der Waals surface area contributed by atoms with Crippen LogP contribution in [0.5, 0.6) is 0 Å². The highest BCUT2D eigenvalue weighted by atomic mass is 16.2. The number of nitrogens with one attached hydrogen (secondary N) is 1. The number of hydrogen-bond donors (Lipinski definition) is 1. The fourth-order valence-corrected chi connectivity index (χ4v) is 4.14. The Labute approximate surface area is 80.1 Å². The second kappa shape index (κ2) is 2.10. The van der Waals surface area contributed by atoms with Crippen molar-refractivity contribution in [2.24, 2.45) is 16.2 Å². The smallest absolute Gasteiger partial charge is 0.227 e. The van der Waals surface area contributed by atoms with Crippen LogP contribution in [0.4, 0.5) is 0 Å². The van der Waals surface area contributed by atoms with Gasteiger partial charge in [-0.15, -0.1) is 0 Å². The summed E-state index contributed by atoms with van der Waals surface area (Å²) < 4.78 is 0. The Morgan fingerprint density at radius 1 is 1.15 bits per heavy atom. The van der Waals surface area contributed by atoms with Gasteiger partial charge in [-0.3, -0.25) is 4.79 Å². The Hall–Kier alpha value is -0.530. The zero-order valence-corrected chi connectivity index (χ0v) is 9.03. The van der Waals surface area contributed by atoms with Crippen LogP contribution in [-0.4, -0.2) is 12.5 Å². The molecule has 0 bridgehead atoms. The van der Waals surface area contributed by atoms with Crippen molar-refractivity contribution in [2.45, 2.75) is 40.5 Å². The van der Waals surface area contributed by atoms with E-state index in [0.717, 1.165) is 19.4 Å². The summed E-state index contributed by atoms with van der Waals surface area (Å²) in [6, 6.07) is 0. The van der Waals surface area contributed by atoms with Gasteiger partial charge in [-0.05, 0) is 23.7 Å². The van der Waals surface area contributed by atoms with Gasteiger partial charge in [0.2, 0.25) is 5.91 Å². The highest BCUT2D eigenvalue weighted by Crippen LogP contribution is 2.70. The molecule has 1 aliphatic carbocycles. The van der Waals surface area contributed by atoms with E-state index in [4.69, 9.17) is 0 Å². The Morgan fingerprint density at radius 2 is 1.69 bits per heavy atom. The van der Waals surface area contributed by atoms with Crippen molar-refractivity contribution in [3.63, 3.8) is 0 Å². The second-order valence-electron chi connectivity index (χ2n) is 5.86. The van der Waals surface area contributed by atoms with Gasteiger partial charge in [-0.2, -0.15) is 0 Å². The Balaban J connectivity index is 2.43. The molecule has 1 aliphatic heterocycles. The molecule has 1 N–H and O–H groups in total. The average molecular weight is 181 g/mol. The first-order valence-corrected chi connectivity index (χ1v) is 5.12. The quantitative estimate of drug-likeness (QED) is 0.608. The molecule has 0 radical (unpaired) electrons. The summed E-state index contributed by atoms with van der Waals surface area (Å²) in [6.45, 7) is 9.77. The van der Waals surface area contributed by atoms with Crippen LogP contribution in [-0.2, 0) is 4.79 Å². The summed E-state index contributed by atoms with van der Waals surface area (Å²) in [4.78, 5) is 11.9. The van der Waals surface area contributed by atoms with Crippen molar-refractivity contribution < 1.29 is 4.79 Å². The van der Waals surface area contributed by atoms with Gasteiger partial charge in [-0.25, -0.2) is 0 Å². The zero-order chi connectivity index (χ0) is 9.91. The summed E-state index contributed by atoms with van der Waals surface area (Å²) in [6.07, 6.45) is 2.18. The molecule has 74 valence electrons. The molecule has 0 aromatic carbocycles. The number of hydrogen-bond acceptors (Lipinski definition) is 1. The van der Waals surface area contributed by atoms with Crippen LogP contribution in [0.1, 0.15) is 40.5 Å². The summed E-state index contributed by atoms with van der Waals surface area (Å²) in [5, 5.41) is 2.98. The standard InChI is InChI=1S/C11H19NO/c1-9(2)7-10(3,4)11(9)5-6-12-8(11)13/h5-7H2,1-4H3,(H,12,13). The van der Waals surface area contributed by atoms with E-state index in [0.29, 0.717) is 0 Å². The molecular formula is C11H19NO. The van der Waals surface area contributed by atoms with E-state index in [2.05, 4.69) is 33.0 Å². The molecule has 0 aromatic heterocycles. The van der Waals surface area contributed by atoms with Crippen LogP contribution in [0.3, 0.4) is 0 Å². The minimum atomic E-state index is -0.0833. The number of rotatable bonds is 0. The van der Waals surface area contributed by atoms with E-state index >= 15 is 0 Å². The normalized spacial score (nSPS) is 32.8. The van der Waals surface area contributed by atoms with E-state index in [1.807, 2.05) is 0 Å². The molecule has 2 nitrogen and oxygen atoms in total. The van der Waals surface area contributed by atoms with E-state index in [1.165, 1.54) is 0 Å². The SMILES string of the molecule is CC1(C)CC(C)(C)C12CCNC2=O. The van der Waals surface area contributed by atoms with Crippen LogP contribution in [0, 0.1) is 16.2 Å². The molecule has 1 heterocycles. The average Bonchev–Trinajstić information content (AvgIpc) is 2.30. The fraction of sp³-hybridized carbons (Fsp3) is 0.909. The van der Waals surface area contributed by atoms with Gasteiger partial charge < -0.3 is 5.32 Å². The number of carbonyl (C=O) groups excluding carboxylic acids is 1. The van der Waals surface area contributed by atoms with Crippen molar-refractivity contribution in [3.8, 4) is 0 Å². The van der Waals surface area contributed by atoms with Gasteiger partial charge in [0.25, 0.3) is 0 Å². The third-order valence-corrected chi connectivity index (χ3v) is 4.37. The van der Waals surface area contributed by atoms with Crippen LogP contribution in [0.2, 0.25) is 0 Å². The fourth-order valence-electron chi connectivity index (χ4n) is 4.14. The molecule has 0 aromatic rings. The van der Waals surface area contributed by atoms with Gasteiger partial charge in [0.05, 0.1) is 5.41 Å². The van der Waals surface area contributed by atoms with Gasteiger partial charge in [-0.1, -0.05) is 27.7 Å². The highest BCUT2D eigenvalue weighted by molar-refractivity contribution is 5.87. The molecule has 2 fully saturated rings. The molecule has 0 atom stereocenters. The Bertz CT molecular complexity index is 251. The summed E-state index contributed by atoms with van der Waals surface area (Å²) in [5.74, 6) is 0.286. The van der Waals surface area contributed by atoms with E-state index < -0.39 is 0 Å². The Kier molecular flexibility index (Phi) is 1.46. The zero-order valence-electron chi connectivity index (χ0n) is 9.03. The number of amides is 1. The minimum Gasteiger partial charge on any atom is -0.356 e. The lowest BCUT2D eigenvalue weighted by molar-refractivity contribution is -0.187. The molecule has 0 unspecified atom stereocenters. The lowest BCUT2D eigenvalue weighted by Gasteiger charge is -2.64. The van der Waals surface area contributed by atoms with Crippen molar-refractivity contribution in [2.75, 3.05) is 6.54 Å². The van der Waals surface area contributed by atoms with Crippen LogP contribution in [0.25, 0.3) is 0 Å². The van der Waals surface area contributed by atoms with Crippen LogP contribution >= 0.6 is 0 Å².